The van der Waals surface area contributed by atoms with Crippen LogP contribution in [0.15, 0.2) is 28.8 Å². The molecule has 1 amide bonds. The molecule has 2 aliphatic heterocycles. The molecule has 1 saturated carbocycles. The molecule has 32 heavy (non-hydrogen) atoms. The molecule has 2 saturated heterocycles. The van der Waals surface area contributed by atoms with Crippen LogP contribution in [0.3, 0.4) is 0 Å². The Morgan fingerprint density at radius 1 is 1.16 bits per heavy atom. The number of rotatable bonds is 5. The number of benzene rings is 1. The van der Waals surface area contributed by atoms with Crippen molar-refractivity contribution >= 4 is 17.7 Å². The second kappa shape index (κ2) is 8.38. The topological polar surface area (TPSA) is 64.8 Å². The number of carbonyl (C=O) groups is 1. The lowest BCUT2D eigenvalue weighted by molar-refractivity contribution is -0.0398. The number of nitrogens with zero attached hydrogens (tertiary/aromatic N) is 2. The van der Waals surface area contributed by atoms with Crippen LogP contribution in [0.4, 0.5) is 4.79 Å². The van der Waals surface area contributed by atoms with Crippen LogP contribution >= 0.6 is 11.6 Å². The van der Waals surface area contributed by atoms with Crippen molar-refractivity contribution in [3.63, 3.8) is 0 Å². The highest BCUT2D eigenvalue weighted by Gasteiger charge is 2.45. The molecule has 172 valence electrons. The lowest BCUT2D eigenvalue weighted by Gasteiger charge is -2.39. The van der Waals surface area contributed by atoms with E-state index < -0.39 is 5.60 Å². The molecule has 0 radical (unpaired) electrons. The van der Waals surface area contributed by atoms with Gasteiger partial charge in [-0.2, -0.15) is 0 Å². The van der Waals surface area contributed by atoms with E-state index in [-0.39, 0.29) is 24.3 Å². The first-order chi connectivity index (χ1) is 15.3. The van der Waals surface area contributed by atoms with E-state index in [1.54, 1.807) is 0 Å². The van der Waals surface area contributed by atoms with Crippen LogP contribution < -0.4 is 0 Å². The van der Waals surface area contributed by atoms with E-state index in [1.807, 2.05) is 49.9 Å². The zero-order valence-corrected chi connectivity index (χ0v) is 19.7. The molecule has 6 nitrogen and oxygen atoms in total. The van der Waals surface area contributed by atoms with Gasteiger partial charge in [-0.15, -0.1) is 0 Å². The zero-order valence-electron chi connectivity index (χ0n) is 19.0. The Hall–Kier alpha value is -2.05. The predicted octanol–water partition coefficient (Wildman–Crippen LogP) is 6.32. The minimum absolute atomic E-state index is 0.104. The lowest BCUT2D eigenvalue weighted by atomic mass is 9.99. The van der Waals surface area contributed by atoms with Gasteiger partial charge in [-0.3, -0.25) is 0 Å². The van der Waals surface area contributed by atoms with Gasteiger partial charge in [0, 0.05) is 29.1 Å². The molecule has 2 bridgehead atoms. The summed E-state index contributed by atoms with van der Waals surface area (Å²) in [6.07, 6.45) is 5.85. The molecule has 2 atom stereocenters. The fourth-order valence-corrected chi connectivity index (χ4v) is 5.29. The first kappa shape index (κ1) is 21.8. The van der Waals surface area contributed by atoms with Gasteiger partial charge in [0.25, 0.3) is 0 Å². The third-order valence-corrected chi connectivity index (χ3v) is 6.98. The second-order valence-electron chi connectivity index (χ2n) is 10.3. The summed E-state index contributed by atoms with van der Waals surface area (Å²) in [4.78, 5) is 14.7. The Kier molecular flexibility index (Phi) is 5.70. The normalized spacial score (nSPS) is 25.2. The molecular formula is C25H31ClN2O4. The van der Waals surface area contributed by atoms with E-state index in [9.17, 15) is 4.79 Å². The van der Waals surface area contributed by atoms with Gasteiger partial charge in [0.05, 0.1) is 17.7 Å². The predicted molar refractivity (Wildman–Crippen MR) is 122 cm³/mol. The number of ether oxygens (including phenoxy) is 2. The lowest BCUT2D eigenvalue weighted by Crippen LogP contribution is -2.50. The number of piperidine rings is 1. The molecule has 0 unspecified atom stereocenters. The molecular weight excluding hydrogens is 428 g/mol. The van der Waals surface area contributed by atoms with Gasteiger partial charge in [0.15, 0.2) is 0 Å². The van der Waals surface area contributed by atoms with Crippen molar-refractivity contribution in [1.82, 2.24) is 10.1 Å². The number of halogens is 1. The average molecular weight is 459 g/mol. The Labute approximate surface area is 194 Å². The summed E-state index contributed by atoms with van der Waals surface area (Å²) >= 11 is 6.45. The number of hydrogen-bond acceptors (Lipinski definition) is 5. The number of fused-ring (bicyclic) bond motifs is 2. The van der Waals surface area contributed by atoms with Crippen LogP contribution in [-0.2, 0) is 16.1 Å². The minimum atomic E-state index is -0.480. The van der Waals surface area contributed by atoms with E-state index in [0.717, 1.165) is 61.1 Å². The average Bonchev–Trinajstić information content (AvgIpc) is 3.42. The summed E-state index contributed by atoms with van der Waals surface area (Å²) in [5.74, 6) is 1.37. The molecule has 0 spiro atoms. The van der Waals surface area contributed by atoms with Crippen LogP contribution in [0.25, 0.3) is 11.3 Å². The van der Waals surface area contributed by atoms with Crippen LogP contribution in [-0.4, -0.2) is 39.9 Å². The van der Waals surface area contributed by atoms with E-state index >= 15 is 0 Å². The molecule has 5 rings (SSSR count). The fraction of sp³-hybridized carbons (Fsp3) is 0.600. The molecule has 1 aromatic heterocycles. The molecule has 0 N–H and O–H groups in total. The first-order valence-corrected chi connectivity index (χ1v) is 12.0. The summed E-state index contributed by atoms with van der Waals surface area (Å²) in [6, 6.07) is 8.08. The number of carbonyl (C=O) groups excluding carboxylic acids is 1. The third-order valence-electron chi connectivity index (χ3n) is 6.65. The molecule has 2 aromatic rings. The SMILES string of the molecule is CC(C)(C)OC(=O)N1[C@H]2CC[C@H]1CC(OCc1c(-c3ccccc3Cl)noc1C1CC1)C2. The maximum atomic E-state index is 12.7. The summed E-state index contributed by atoms with van der Waals surface area (Å²) in [7, 11) is 0. The van der Waals surface area contributed by atoms with Crippen molar-refractivity contribution in [2.24, 2.45) is 0 Å². The first-order valence-electron chi connectivity index (χ1n) is 11.7. The molecule has 3 heterocycles. The molecule has 3 aliphatic rings. The van der Waals surface area contributed by atoms with Crippen molar-refractivity contribution in [2.45, 2.75) is 95.6 Å². The van der Waals surface area contributed by atoms with E-state index in [4.69, 9.17) is 25.6 Å². The molecule has 3 fully saturated rings. The Morgan fingerprint density at radius 2 is 1.84 bits per heavy atom. The number of aromatic nitrogens is 1. The quantitative estimate of drug-likeness (QED) is 0.524. The maximum absolute atomic E-state index is 12.7. The highest BCUT2D eigenvalue weighted by molar-refractivity contribution is 6.33. The summed E-state index contributed by atoms with van der Waals surface area (Å²) in [5, 5.41) is 5.04. The monoisotopic (exact) mass is 458 g/mol. The largest absolute Gasteiger partial charge is 0.444 e. The van der Waals surface area contributed by atoms with E-state index in [1.165, 1.54) is 0 Å². The number of amides is 1. The van der Waals surface area contributed by atoms with Crippen molar-refractivity contribution in [1.29, 1.82) is 0 Å². The van der Waals surface area contributed by atoms with Crippen LogP contribution in [0, 0.1) is 0 Å². The van der Waals surface area contributed by atoms with Crippen molar-refractivity contribution < 1.29 is 18.8 Å². The standard InChI is InChI=1S/C25H31ClN2O4/c1-25(2,3)31-24(29)28-16-10-11-17(28)13-18(12-16)30-14-20-22(19-6-4-5-7-21(19)26)27-32-23(20)15-8-9-15/h4-7,15-18H,8-14H2,1-3H3/t16-,17-/m0/s1. The minimum Gasteiger partial charge on any atom is -0.444 e. The molecule has 1 aromatic carbocycles. The van der Waals surface area contributed by atoms with Crippen LogP contribution in [0.2, 0.25) is 5.02 Å². The third kappa shape index (κ3) is 4.40. The zero-order chi connectivity index (χ0) is 22.5. The van der Waals surface area contributed by atoms with Gasteiger partial charge < -0.3 is 18.9 Å². The second-order valence-corrected chi connectivity index (χ2v) is 10.7. The fourth-order valence-electron chi connectivity index (χ4n) is 5.07. The van der Waals surface area contributed by atoms with Crippen molar-refractivity contribution in [2.75, 3.05) is 0 Å². The Balaban J connectivity index is 1.29. The van der Waals surface area contributed by atoms with Crippen LogP contribution in [0.1, 0.15) is 76.5 Å². The van der Waals surface area contributed by atoms with Gasteiger partial charge in [0.2, 0.25) is 0 Å². The van der Waals surface area contributed by atoms with E-state index in [0.29, 0.717) is 17.5 Å². The highest BCUT2D eigenvalue weighted by Crippen LogP contribution is 2.45. The van der Waals surface area contributed by atoms with Gasteiger partial charge in [0.1, 0.15) is 17.1 Å². The maximum Gasteiger partial charge on any atom is 0.410 e. The van der Waals surface area contributed by atoms with Crippen molar-refractivity contribution in [3.8, 4) is 11.3 Å². The molecule has 7 heteroatoms. The van der Waals surface area contributed by atoms with Gasteiger partial charge >= 0.3 is 6.09 Å². The highest BCUT2D eigenvalue weighted by atomic mass is 35.5. The van der Waals surface area contributed by atoms with Crippen molar-refractivity contribution in [3.05, 3.63) is 40.6 Å². The smallest absolute Gasteiger partial charge is 0.410 e. The Bertz CT molecular complexity index is 980. The van der Waals surface area contributed by atoms with Gasteiger partial charge in [-0.25, -0.2) is 4.79 Å². The van der Waals surface area contributed by atoms with Gasteiger partial charge in [-0.05, 0) is 65.4 Å². The van der Waals surface area contributed by atoms with Crippen LogP contribution in [0.5, 0.6) is 0 Å². The van der Waals surface area contributed by atoms with Gasteiger partial charge in [-0.1, -0.05) is 35.0 Å². The summed E-state index contributed by atoms with van der Waals surface area (Å²) in [6.45, 7) is 6.19. The van der Waals surface area contributed by atoms with E-state index in [2.05, 4.69) is 5.16 Å². The molecule has 1 aliphatic carbocycles. The number of hydrogen-bond donors (Lipinski definition) is 0. The summed E-state index contributed by atoms with van der Waals surface area (Å²) in [5.41, 5.74) is 2.20. The Morgan fingerprint density at radius 3 is 2.47 bits per heavy atom. The summed E-state index contributed by atoms with van der Waals surface area (Å²) < 4.78 is 17.8.